The summed E-state index contributed by atoms with van der Waals surface area (Å²) in [5.74, 6) is -0.360. The van der Waals surface area contributed by atoms with Gasteiger partial charge in [-0.1, -0.05) is 6.07 Å². The number of hydrogen-bond donors (Lipinski definition) is 3. The van der Waals surface area contributed by atoms with E-state index >= 15 is 0 Å². The van der Waals surface area contributed by atoms with E-state index < -0.39 is 6.04 Å². The van der Waals surface area contributed by atoms with Gasteiger partial charge in [-0.05, 0) is 44.4 Å². The van der Waals surface area contributed by atoms with Crippen LogP contribution in [0.15, 0.2) is 18.2 Å². The number of aryl methyl sites for hydroxylation is 1. The zero-order valence-corrected chi connectivity index (χ0v) is 12.4. The number of benzene rings is 1. The fourth-order valence-corrected chi connectivity index (χ4v) is 1.64. The number of carbonyl (C=O) groups excluding carboxylic acids is 2. The average molecular weight is 298 g/mol. The Balaban J connectivity index is 0.00000200. The zero-order chi connectivity index (χ0) is 14.0. The number of amides is 2. The van der Waals surface area contributed by atoms with Crippen LogP contribution in [0.5, 0.6) is 0 Å². The molecule has 2 rings (SSSR count). The van der Waals surface area contributed by atoms with Gasteiger partial charge in [-0.3, -0.25) is 9.59 Å². The van der Waals surface area contributed by atoms with Crippen LogP contribution in [-0.4, -0.2) is 23.9 Å². The molecule has 0 spiro atoms. The summed E-state index contributed by atoms with van der Waals surface area (Å²) in [7, 11) is 0. The largest absolute Gasteiger partial charge is 0.349 e. The molecule has 0 aromatic heterocycles. The summed E-state index contributed by atoms with van der Waals surface area (Å²) in [6, 6.07) is 5.00. The van der Waals surface area contributed by atoms with Crippen LogP contribution in [0.3, 0.4) is 0 Å². The van der Waals surface area contributed by atoms with E-state index in [1.807, 2.05) is 13.0 Å². The lowest BCUT2D eigenvalue weighted by molar-refractivity contribution is -0.117. The summed E-state index contributed by atoms with van der Waals surface area (Å²) in [5.41, 5.74) is 7.60. The van der Waals surface area contributed by atoms with Crippen LogP contribution in [-0.2, 0) is 4.79 Å². The summed E-state index contributed by atoms with van der Waals surface area (Å²) in [6.07, 6.45) is 2.10. The van der Waals surface area contributed by atoms with Crippen LogP contribution in [0, 0.1) is 6.92 Å². The Morgan fingerprint density at radius 3 is 2.55 bits per heavy atom. The van der Waals surface area contributed by atoms with E-state index in [-0.39, 0.29) is 24.2 Å². The highest BCUT2D eigenvalue weighted by Gasteiger charge is 2.24. The van der Waals surface area contributed by atoms with Gasteiger partial charge in [0.2, 0.25) is 5.91 Å². The van der Waals surface area contributed by atoms with Gasteiger partial charge in [0.05, 0.1) is 6.04 Å². The highest BCUT2D eigenvalue weighted by atomic mass is 35.5. The SMILES string of the molecule is Cc1ccc(C(=O)NC2CC2)cc1NC(=O)[C@H](C)N.Cl. The second kappa shape index (κ2) is 6.72. The second-order valence-corrected chi connectivity index (χ2v) is 5.06. The van der Waals surface area contributed by atoms with Crippen LogP contribution < -0.4 is 16.4 Å². The van der Waals surface area contributed by atoms with Gasteiger partial charge in [-0.2, -0.15) is 0 Å². The Hall–Kier alpha value is -1.59. The van der Waals surface area contributed by atoms with Crippen molar-refractivity contribution in [3.63, 3.8) is 0 Å². The van der Waals surface area contributed by atoms with Gasteiger partial charge < -0.3 is 16.4 Å². The molecule has 0 unspecified atom stereocenters. The summed E-state index contributed by atoms with van der Waals surface area (Å²) in [5, 5.41) is 5.65. The topological polar surface area (TPSA) is 84.2 Å². The lowest BCUT2D eigenvalue weighted by Crippen LogP contribution is -2.33. The Labute approximate surface area is 124 Å². The first-order chi connectivity index (χ1) is 8.97. The van der Waals surface area contributed by atoms with Crippen LogP contribution in [0.25, 0.3) is 0 Å². The molecule has 0 saturated heterocycles. The Kier molecular flexibility index (Phi) is 5.53. The third-order valence-corrected chi connectivity index (χ3v) is 3.08. The van der Waals surface area contributed by atoms with Crippen LogP contribution in [0.4, 0.5) is 5.69 Å². The standard InChI is InChI=1S/C14H19N3O2.ClH/c1-8-3-4-10(14(19)16-11-5-6-11)7-12(8)17-13(18)9(2)15;/h3-4,7,9,11H,5-6,15H2,1-2H3,(H,16,19)(H,17,18);1H/t9-;/m0./s1. The van der Waals surface area contributed by atoms with Gasteiger partial charge in [-0.15, -0.1) is 12.4 Å². The Morgan fingerprint density at radius 1 is 1.35 bits per heavy atom. The number of rotatable bonds is 4. The first kappa shape index (κ1) is 16.5. The Morgan fingerprint density at radius 2 is 2.00 bits per heavy atom. The van der Waals surface area contributed by atoms with Crippen LogP contribution in [0.1, 0.15) is 35.7 Å². The van der Waals surface area contributed by atoms with E-state index in [0.717, 1.165) is 18.4 Å². The second-order valence-electron chi connectivity index (χ2n) is 5.06. The highest BCUT2D eigenvalue weighted by Crippen LogP contribution is 2.21. The van der Waals surface area contributed by atoms with E-state index in [2.05, 4.69) is 10.6 Å². The van der Waals surface area contributed by atoms with Crippen molar-refractivity contribution < 1.29 is 9.59 Å². The zero-order valence-electron chi connectivity index (χ0n) is 11.6. The lowest BCUT2D eigenvalue weighted by Gasteiger charge is -2.12. The van der Waals surface area contributed by atoms with Crippen molar-refractivity contribution in [1.29, 1.82) is 0 Å². The molecule has 110 valence electrons. The van der Waals surface area contributed by atoms with Crippen molar-refractivity contribution in [2.24, 2.45) is 5.73 Å². The molecule has 4 N–H and O–H groups in total. The number of nitrogens with one attached hydrogen (secondary N) is 2. The maximum absolute atomic E-state index is 11.9. The van der Waals surface area contributed by atoms with E-state index in [4.69, 9.17) is 5.73 Å². The fourth-order valence-electron chi connectivity index (χ4n) is 1.64. The predicted molar refractivity (Wildman–Crippen MR) is 81.2 cm³/mol. The van der Waals surface area contributed by atoms with Gasteiger partial charge in [0.1, 0.15) is 0 Å². The van der Waals surface area contributed by atoms with Crippen molar-refractivity contribution in [3.05, 3.63) is 29.3 Å². The van der Waals surface area contributed by atoms with Gasteiger partial charge in [0.15, 0.2) is 0 Å². The van der Waals surface area contributed by atoms with E-state index in [0.29, 0.717) is 17.3 Å². The molecule has 1 aliphatic carbocycles. The van der Waals surface area contributed by atoms with Gasteiger partial charge in [0.25, 0.3) is 5.91 Å². The maximum Gasteiger partial charge on any atom is 0.251 e. The molecular weight excluding hydrogens is 278 g/mol. The van der Waals surface area contributed by atoms with E-state index in [9.17, 15) is 9.59 Å². The van der Waals surface area contributed by atoms with Crippen LogP contribution in [0.2, 0.25) is 0 Å². The fraction of sp³-hybridized carbons (Fsp3) is 0.429. The smallest absolute Gasteiger partial charge is 0.251 e. The first-order valence-corrected chi connectivity index (χ1v) is 6.45. The molecule has 1 aromatic carbocycles. The minimum atomic E-state index is -0.580. The molecule has 1 saturated carbocycles. The molecule has 1 fully saturated rings. The van der Waals surface area contributed by atoms with Gasteiger partial charge >= 0.3 is 0 Å². The number of carbonyl (C=O) groups is 2. The summed E-state index contributed by atoms with van der Waals surface area (Å²) in [6.45, 7) is 3.49. The number of nitrogens with two attached hydrogens (primary N) is 1. The summed E-state index contributed by atoms with van der Waals surface area (Å²) >= 11 is 0. The molecule has 1 aliphatic rings. The molecule has 0 aliphatic heterocycles. The quantitative estimate of drug-likeness (QED) is 0.789. The molecule has 1 atom stereocenters. The maximum atomic E-state index is 11.9. The molecule has 2 amide bonds. The average Bonchev–Trinajstić information content (AvgIpc) is 3.15. The van der Waals surface area contributed by atoms with Crippen molar-refractivity contribution in [1.82, 2.24) is 5.32 Å². The first-order valence-electron chi connectivity index (χ1n) is 6.45. The number of hydrogen-bond acceptors (Lipinski definition) is 3. The van der Waals surface area contributed by atoms with Crippen molar-refractivity contribution in [2.75, 3.05) is 5.32 Å². The Bertz CT molecular complexity index is 513. The summed E-state index contributed by atoms with van der Waals surface area (Å²) in [4.78, 5) is 23.5. The number of anilines is 1. The van der Waals surface area contributed by atoms with Gasteiger partial charge in [-0.25, -0.2) is 0 Å². The number of halogens is 1. The molecule has 1 aromatic rings. The molecule has 0 heterocycles. The minimum Gasteiger partial charge on any atom is -0.349 e. The monoisotopic (exact) mass is 297 g/mol. The van der Waals surface area contributed by atoms with E-state index in [1.165, 1.54) is 0 Å². The third kappa shape index (κ3) is 4.21. The van der Waals surface area contributed by atoms with Gasteiger partial charge in [0, 0.05) is 17.3 Å². The molecule has 6 heteroatoms. The van der Waals surface area contributed by atoms with E-state index in [1.54, 1.807) is 19.1 Å². The molecule has 0 bridgehead atoms. The molecule has 5 nitrogen and oxygen atoms in total. The van der Waals surface area contributed by atoms with Crippen molar-refractivity contribution >= 4 is 29.9 Å². The predicted octanol–water partition coefficient (Wildman–Crippen LogP) is 1.59. The minimum absolute atomic E-state index is 0. The molecular formula is C14H20ClN3O2. The van der Waals surface area contributed by atoms with Crippen molar-refractivity contribution in [3.8, 4) is 0 Å². The molecule has 20 heavy (non-hydrogen) atoms. The van der Waals surface area contributed by atoms with Crippen molar-refractivity contribution in [2.45, 2.75) is 38.8 Å². The molecule has 0 radical (unpaired) electrons. The normalized spacial score (nSPS) is 14.9. The van der Waals surface area contributed by atoms with Crippen LogP contribution >= 0.6 is 12.4 Å². The summed E-state index contributed by atoms with van der Waals surface area (Å²) < 4.78 is 0. The third-order valence-electron chi connectivity index (χ3n) is 3.08. The lowest BCUT2D eigenvalue weighted by atomic mass is 10.1. The highest BCUT2D eigenvalue weighted by molar-refractivity contribution is 5.99.